The van der Waals surface area contributed by atoms with E-state index in [1.807, 2.05) is 0 Å². The molecule has 2 rings (SSSR count). The van der Waals surface area contributed by atoms with Crippen LogP contribution in [-0.4, -0.2) is 47.8 Å². The highest BCUT2D eigenvalue weighted by Gasteiger charge is 2.23. The second-order valence-corrected chi connectivity index (χ2v) is 4.67. The zero-order valence-electron chi connectivity index (χ0n) is 11.2. The topological polar surface area (TPSA) is 78.9 Å². The first-order chi connectivity index (χ1) is 9.88. The summed E-state index contributed by atoms with van der Waals surface area (Å²) in [6, 6.07) is 0.606. The van der Waals surface area contributed by atoms with Crippen LogP contribution in [0.3, 0.4) is 0 Å². The van der Waals surface area contributed by atoms with Crippen LogP contribution in [0.4, 0.5) is 19.3 Å². The molecular weight excluding hydrogens is 286 g/mol. The fourth-order valence-electron chi connectivity index (χ4n) is 2.02. The number of hydrogen-bond donors (Lipinski definition) is 2. The molecule has 1 saturated heterocycles. The standard InChI is InChI=1S/C13H14F2N2O4/c1-7-6-17(2-3-21-7)13(20)16-11-5-10(15)9(14)4-8(11)12(18)19/h4-5,7H,2-3,6H2,1H3,(H,16,20)(H,18,19). The first-order valence-corrected chi connectivity index (χ1v) is 6.28. The van der Waals surface area contributed by atoms with E-state index < -0.39 is 29.2 Å². The molecule has 0 radical (unpaired) electrons. The molecule has 1 aliphatic heterocycles. The van der Waals surface area contributed by atoms with Crippen LogP contribution in [-0.2, 0) is 4.74 Å². The number of benzene rings is 1. The molecule has 6 nitrogen and oxygen atoms in total. The van der Waals surface area contributed by atoms with Crippen molar-refractivity contribution in [1.82, 2.24) is 4.90 Å². The van der Waals surface area contributed by atoms with E-state index in [0.29, 0.717) is 31.8 Å². The summed E-state index contributed by atoms with van der Waals surface area (Å²) in [5.74, 6) is -3.98. The van der Waals surface area contributed by atoms with E-state index in [1.54, 1.807) is 6.92 Å². The first-order valence-electron chi connectivity index (χ1n) is 6.28. The van der Waals surface area contributed by atoms with Crippen molar-refractivity contribution in [2.24, 2.45) is 0 Å². The lowest BCUT2D eigenvalue weighted by atomic mass is 10.1. The van der Waals surface area contributed by atoms with Gasteiger partial charge in [-0.1, -0.05) is 0 Å². The van der Waals surface area contributed by atoms with Crippen LogP contribution in [0.5, 0.6) is 0 Å². The van der Waals surface area contributed by atoms with Crippen molar-refractivity contribution in [1.29, 1.82) is 0 Å². The Bertz CT molecular complexity index is 580. The van der Waals surface area contributed by atoms with Gasteiger partial charge in [0.25, 0.3) is 0 Å². The van der Waals surface area contributed by atoms with E-state index in [0.717, 1.165) is 0 Å². The van der Waals surface area contributed by atoms with E-state index in [4.69, 9.17) is 9.84 Å². The molecule has 0 aromatic heterocycles. The number of carboxylic acid groups (broad SMARTS) is 1. The molecule has 1 aromatic rings. The summed E-state index contributed by atoms with van der Waals surface area (Å²) in [5.41, 5.74) is -0.797. The van der Waals surface area contributed by atoms with Gasteiger partial charge in [0.1, 0.15) is 0 Å². The number of halogens is 2. The Hall–Kier alpha value is -2.22. The molecular formula is C13H14F2N2O4. The van der Waals surface area contributed by atoms with Crippen LogP contribution in [0.2, 0.25) is 0 Å². The molecule has 8 heteroatoms. The minimum atomic E-state index is -1.46. The summed E-state index contributed by atoms with van der Waals surface area (Å²) in [7, 11) is 0. The number of carbonyl (C=O) groups excluding carboxylic acids is 1. The smallest absolute Gasteiger partial charge is 0.337 e. The van der Waals surface area contributed by atoms with Crippen LogP contribution in [0.1, 0.15) is 17.3 Å². The van der Waals surface area contributed by atoms with E-state index in [1.165, 1.54) is 4.90 Å². The number of urea groups is 1. The minimum Gasteiger partial charge on any atom is -0.478 e. The molecule has 114 valence electrons. The zero-order chi connectivity index (χ0) is 15.6. The lowest BCUT2D eigenvalue weighted by Crippen LogP contribution is -2.46. The zero-order valence-corrected chi connectivity index (χ0v) is 11.2. The third-order valence-corrected chi connectivity index (χ3v) is 3.06. The summed E-state index contributed by atoms with van der Waals surface area (Å²) in [4.78, 5) is 24.5. The molecule has 1 aliphatic rings. The van der Waals surface area contributed by atoms with Crippen molar-refractivity contribution in [2.75, 3.05) is 25.0 Å². The number of nitrogens with one attached hydrogen (secondary N) is 1. The monoisotopic (exact) mass is 300 g/mol. The molecule has 1 unspecified atom stereocenters. The molecule has 0 aliphatic carbocycles. The third-order valence-electron chi connectivity index (χ3n) is 3.06. The molecule has 1 heterocycles. The third kappa shape index (κ3) is 3.46. The van der Waals surface area contributed by atoms with Gasteiger partial charge >= 0.3 is 12.0 Å². The SMILES string of the molecule is CC1CN(C(=O)Nc2cc(F)c(F)cc2C(=O)O)CCO1. The molecule has 2 N–H and O–H groups in total. The van der Waals surface area contributed by atoms with Crippen molar-refractivity contribution in [3.8, 4) is 0 Å². The average molecular weight is 300 g/mol. The van der Waals surface area contributed by atoms with Crippen molar-refractivity contribution in [2.45, 2.75) is 13.0 Å². The molecule has 1 aromatic carbocycles. The van der Waals surface area contributed by atoms with Gasteiger partial charge in [0, 0.05) is 19.2 Å². The highest BCUT2D eigenvalue weighted by molar-refractivity contribution is 6.00. The lowest BCUT2D eigenvalue weighted by molar-refractivity contribution is -0.00139. The van der Waals surface area contributed by atoms with Gasteiger partial charge in [-0.15, -0.1) is 0 Å². The molecule has 1 fully saturated rings. The second kappa shape index (κ2) is 6.04. The molecule has 0 spiro atoms. The van der Waals surface area contributed by atoms with Crippen molar-refractivity contribution < 1.29 is 28.2 Å². The number of aromatic carboxylic acids is 1. The Balaban J connectivity index is 2.20. The van der Waals surface area contributed by atoms with Crippen molar-refractivity contribution in [3.05, 3.63) is 29.3 Å². The van der Waals surface area contributed by atoms with E-state index in [-0.39, 0.29) is 11.8 Å². The Kier molecular flexibility index (Phi) is 4.37. The predicted molar refractivity (Wildman–Crippen MR) is 69.3 cm³/mol. The highest BCUT2D eigenvalue weighted by atomic mass is 19.2. The average Bonchev–Trinajstić information content (AvgIpc) is 2.42. The van der Waals surface area contributed by atoms with Crippen LogP contribution >= 0.6 is 0 Å². The number of anilines is 1. The number of hydrogen-bond acceptors (Lipinski definition) is 3. The van der Waals surface area contributed by atoms with Gasteiger partial charge in [-0.2, -0.15) is 0 Å². The van der Waals surface area contributed by atoms with Gasteiger partial charge < -0.3 is 20.1 Å². The number of carboxylic acids is 1. The van der Waals surface area contributed by atoms with Gasteiger partial charge in [-0.25, -0.2) is 18.4 Å². The summed E-state index contributed by atoms with van der Waals surface area (Å²) in [5, 5.41) is 11.3. The maximum atomic E-state index is 13.2. The van der Waals surface area contributed by atoms with Crippen LogP contribution in [0.25, 0.3) is 0 Å². The predicted octanol–water partition coefficient (Wildman–Crippen LogP) is 1.92. The van der Waals surface area contributed by atoms with Gasteiger partial charge in [0.2, 0.25) is 0 Å². The van der Waals surface area contributed by atoms with Gasteiger partial charge in [-0.05, 0) is 13.0 Å². The molecule has 0 saturated carbocycles. The molecule has 0 bridgehead atoms. The summed E-state index contributed by atoms with van der Waals surface area (Å²) in [6.07, 6.45) is -0.145. The lowest BCUT2D eigenvalue weighted by Gasteiger charge is -2.31. The number of morpholine rings is 1. The minimum absolute atomic E-state index is 0.145. The molecule has 21 heavy (non-hydrogen) atoms. The van der Waals surface area contributed by atoms with Gasteiger partial charge in [0.05, 0.1) is 24.0 Å². The summed E-state index contributed by atoms with van der Waals surface area (Å²) < 4.78 is 31.6. The maximum absolute atomic E-state index is 13.2. The van der Waals surface area contributed by atoms with Gasteiger partial charge in [-0.3, -0.25) is 0 Å². The first kappa shape index (κ1) is 15.2. The fourth-order valence-corrected chi connectivity index (χ4v) is 2.02. The number of carbonyl (C=O) groups is 2. The Morgan fingerprint density at radius 2 is 2.05 bits per heavy atom. The van der Waals surface area contributed by atoms with Crippen LogP contribution in [0, 0.1) is 11.6 Å². The Labute approximate surface area is 119 Å². The maximum Gasteiger partial charge on any atom is 0.337 e. The molecule has 1 atom stereocenters. The van der Waals surface area contributed by atoms with Crippen molar-refractivity contribution >= 4 is 17.7 Å². The Morgan fingerprint density at radius 1 is 1.38 bits per heavy atom. The number of ether oxygens (including phenoxy) is 1. The second-order valence-electron chi connectivity index (χ2n) is 4.67. The largest absolute Gasteiger partial charge is 0.478 e. The number of nitrogens with zero attached hydrogens (tertiary/aromatic N) is 1. The van der Waals surface area contributed by atoms with Crippen LogP contribution < -0.4 is 5.32 Å². The molecule has 2 amide bonds. The van der Waals surface area contributed by atoms with Gasteiger partial charge in [0.15, 0.2) is 11.6 Å². The van der Waals surface area contributed by atoms with E-state index >= 15 is 0 Å². The Morgan fingerprint density at radius 3 is 2.67 bits per heavy atom. The highest BCUT2D eigenvalue weighted by Crippen LogP contribution is 2.21. The summed E-state index contributed by atoms with van der Waals surface area (Å²) in [6.45, 7) is 2.82. The van der Waals surface area contributed by atoms with Crippen LogP contribution in [0.15, 0.2) is 12.1 Å². The fraction of sp³-hybridized carbons (Fsp3) is 0.385. The number of amides is 2. The quantitative estimate of drug-likeness (QED) is 0.874. The normalized spacial score (nSPS) is 18.4. The van der Waals surface area contributed by atoms with Crippen molar-refractivity contribution in [3.63, 3.8) is 0 Å². The summed E-state index contributed by atoms with van der Waals surface area (Å²) >= 11 is 0. The number of rotatable bonds is 2. The van der Waals surface area contributed by atoms with E-state index in [2.05, 4.69) is 5.32 Å². The van der Waals surface area contributed by atoms with E-state index in [9.17, 15) is 18.4 Å².